The predicted octanol–water partition coefficient (Wildman–Crippen LogP) is 4.65. The first-order valence-corrected chi connectivity index (χ1v) is 9.39. The maximum Gasteiger partial charge on any atom is 0.226 e. The molecule has 0 aliphatic heterocycles. The van der Waals surface area contributed by atoms with Gasteiger partial charge in [-0.05, 0) is 36.6 Å². The molecule has 0 fully saturated rings. The van der Waals surface area contributed by atoms with Crippen molar-refractivity contribution in [2.24, 2.45) is 0 Å². The topological polar surface area (TPSA) is 70.7 Å². The number of para-hydroxylation sites is 1. The number of rotatable bonds is 6. The second kappa shape index (κ2) is 7.49. The number of H-pyrrole nitrogens is 1. The van der Waals surface area contributed by atoms with Gasteiger partial charge in [0.1, 0.15) is 5.69 Å². The molecule has 4 aromatic rings. The van der Waals surface area contributed by atoms with E-state index in [0.717, 1.165) is 29.7 Å². The Hall–Kier alpha value is -2.99. The number of carbonyl (C=O) groups is 1. The van der Waals surface area contributed by atoms with Crippen molar-refractivity contribution in [3.63, 3.8) is 0 Å². The first kappa shape index (κ1) is 16.5. The summed E-state index contributed by atoms with van der Waals surface area (Å²) < 4.78 is 0. The average Bonchev–Trinajstić information content (AvgIpc) is 3.30. The van der Waals surface area contributed by atoms with Gasteiger partial charge in [0.25, 0.3) is 0 Å². The molecule has 0 bridgehead atoms. The van der Waals surface area contributed by atoms with Crippen molar-refractivity contribution in [1.29, 1.82) is 0 Å². The number of carbonyl (C=O) groups excluding carboxylic acids is 1. The van der Waals surface area contributed by atoms with Crippen molar-refractivity contribution in [3.05, 3.63) is 65.8 Å². The number of pyridine rings is 1. The number of anilines is 1. The zero-order valence-electron chi connectivity index (χ0n) is 14.1. The third-order valence-corrected chi connectivity index (χ3v) is 4.96. The third-order valence-electron chi connectivity index (χ3n) is 4.20. The van der Waals surface area contributed by atoms with Gasteiger partial charge in [-0.15, -0.1) is 11.3 Å². The quantitative estimate of drug-likeness (QED) is 0.524. The molecule has 2 N–H and O–H groups in total. The van der Waals surface area contributed by atoms with Crippen molar-refractivity contribution in [1.82, 2.24) is 15.0 Å². The molecule has 4 rings (SSSR count). The highest BCUT2D eigenvalue weighted by Crippen LogP contribution is 2.23. The molecule has 26 heavy (non-hydrogen) atoms. The number of aromatic amines is 1. The summed E-state index contributed by atoms with van der Waals surface area (Å²) in [5.74, 6) is -0.00763. The number of hydrogen-bond donors (Lipinski definition) is 2. The van der Waals surface area contributed by atoms with E-state index in [-0.39, 0.29) is 5.91 Å². The molecule has 130 valence electrons. The lowest BCUT2D eigenvalue weighted by atomic mass is 10.1. The van der Waals surface area contributed by atoms with Crippen LogP contribution in [0.2, 0.25) is 0 Å². The number of thiazole rings is 1. The second-order valence-corrected chi connectivity index (χ2v) is 6.87. The van der Waals surface area contributed by atoms with Crippen molar-refractivity contribution in [3.8, 4) is 11.4 Å². The maximum atomic E-state index is 12.2. The average molecular weight is 362 g/mol. The van der Waals surface area contributed by atoms with Gasteiger partial charge in [0.05, 0.1) is 5.69 Å². The van der Waals surface area contributed by atoms with Gasteiger partial charge in [0.2, 0.25) is 5.91 Å². The maximum absolute atomic E-state index is 12.2. The van der Waals surface area contributed by atoms with Gasteiger partial charge < -0.3 is 10.3 Å². The molecule has 1 aromatic carbocycles. The Morgan fingerprint density at radius 2 is 2.00 bits per heavy atom. The Labute approximate surface area is 155 Å². The number of nitrogens with zero attached hydrogens (tertiary/aromatic N) is 2. The molecule has 0 spiro atoms. The lowest BCUT2D eigenvalue weighted by Crippen LogP contribution is -2.11. The van der Waals surface area contributed by atoms with Crippen LogP contribution in [-0.2, 0) is 11.2 Å². The molecule has 6 heteroatoms. The van der Waals surface area contributed by atoms with Crippen LogP contribution in [0.25, 0.3) is 22.3 Å². The minimum absolute atomic E-state index is 0.00763. The fourth-order valence-electron chi connectivity index (χ4n) is 2.92. The lowest BCUT2D eigenvalue weighted by molar-refractivity contribution is -0.116. The summed E-state index contributed by atoms with van der Waals surface area (Å²) in [4.78, 5) is 24.2. The van der Waals surface area contributed by atoms with E-state index < -0.39 is 0 Å². The van der Waals surface area contributed by atoms with E-state index in [1.807, 2.05) is 41.9 Å². The molecule has 0 aliphatic rings. The molecule has 0 saturated carbocycles. The van der Waals surface area contributed by atoms with Crippen molar-refractivity contribution < 1.29 is 4.79 Å². The van der Waals surface area contributed by atoms with E-state index in [1.54, 1.807) is 6.20 Å². The smallest absolute Gasteiger partial charge is 0.226 e. The summed E-state index contributed by atoms with van der Waals surface area (Å²) in [6.07, 6.45) is 5.90. The molecule has 3 heterocycles. The number of amides is 1. The van der Waals surface area contributed by atoms with Crippen molar-refractivity contribution >= 4 is 33.3 Å². The summed E-state index contributed by atoms with van der Waals surface area (Å²) >= 11 is 1.42. The molecule has 5 nitrogen and oxygen atoms in total. The summed E-state index contributed by atoms with van der Waals surface area (Å²) in [6, 6.07) is 13.9. The Bertz CT molecular complexity index is 1020. The predicted molar refractivity (Wildman–Crippen MR) is 105 cm³/mol. The Morgan fingerprint density at radius 3 is 2.88 bits per heavy atom. The summed E-state index contributed by atoms with van der Waals surface area (Å²) in [7, 11) is 0. The Balaban J connectivity index is 1.31. The van der Waals surface area contributed by atoms with Crippen LogP contribution in [0.4, 0.5) is 5.13 Å². The zero-order chi connectivity index (χ0) is 17.8. The molecule has 0 unspecified atom stereocenters. The van der Waals surface area contributed by atoms with E-state index in [9.17, 15) is 4.79 Å². The lowest BCUT2D eigenvalue weighted by Gasteiger charge is -2.02. The minimum atomic E-state index is -0.00763. The molecule has 3 aromatic heterocycles. The van der Waals surface area contributed by atoms with Gasteiger partial charge in [0.15, 0.2) is 5.13 Å². The van der Waals surface area contributed by atoms with E-state index in [4.69, 9.17) is 0 Å². The van der Waals surface area contributed by atoms with Crippen LogP contribution in [0.5, 0.6) is 0 Å². The number of aryl methyl sites for hydroxylation is 1. The minimum Gasteiger partial charge on any atom is -0.361 e. The molecule has 0 aliphatic carbocycles. The SMILES string of the molecule is O=C(CCCc1c[nH]c2ccccc12)Nc1nc(-c2ccccn2)cs1. The van der Waals surface area contributed by atoms with E-state index in [2.05, 4.69) is 32.4 Å². The molecular formula is C20H18N4OS. The first-order chi connectivity index (χ1) is 12.8. The second-order valence-electron chi connectivity index (χ2n) is 6.01. The zero-order valence-corrected chi connectivity index (χ0v) is 14.9. The Morgan fingerprint density at radius 1 is 1.12 bits per heavy atom. The van der Waals surface area contributed by atoms with Gasteiger partial charge in [-0.3, -0.25) is 9.78 Å². The van der Waals surface area contributed by atoms with Gasteiger partial charge in [-0.2, -0.15) is 0 Å². The number of hydrogen-bond acceptors (Lipinski definition) is 4. The first-order valence-electron chi connectivity index (χ1n) is 8.51. The van der Waals surface area contributed by atoms with Crippen LogP contribution in [0.15, 0.2) is 60.2 Å². The molecule has 1 amide bonds. The monoisotopic (exact) mass is 362 g/mol. The third kappa shape index (κ3) is 3.65. The van der Waals surface area contributed by atoms with Crippen LogP contribution >= 0.6 is 11.3 Å². The number of aromatic nitrogens is 3. The van der Waals surface area contributed by atoms with Crippen molar-refractivity contribution in [2.75, 3.05) is 5.32 Å². The van der Waals surface area contributed by atoms with Gasteiger partial charge >= 0.3 is 0 Å². The van der Waals surface area contributed by atoms with Crippen LogP contribution < -0.4 is 5.32 Å². The fraction of sp³-hybridized carbons (Fsp3) is 0.150. The van der Waals surface area contributed by atoms with Gasteiger partial charge in [-0.1, -0.05) is 24.3 Å². The highest BCUT2D eigenvalue weighted by atomic mass is 32.1. The number of fused-ring (bicyclic) bond motifs is 1. The Kier molecular flexibility index (Phi) is 4.75. The highest BCUT2D eigenvalue weighted by molar-refractivity contribution is 7.14. The van der Waals surface area contributed by atoms with Gasteiger partial charge in [-0.25, -0.2) is 4.98 Å². The molecule has 0 radical (unpaired) electrons. The highest BCUT2D eigenvalue weighted by Gasteiger charge is 2.09. The largest absolute Gasteiger partial charge is 0.361 e. The van der Waals surface area contributed by atoms with Crippen molar-refractivity contribution in [2.45, 2.75) is 19.3 Å². The van der Waals surface area contributed by atoms with Crippen LogP contribution in [-0.4, -0.2) is 20.9 Å². The number of nitrogens with one attached hydrogen (secondary N) is 2. The number of benzene rings is 1. The molecule has 0 atom stereocenters. The van der Waals surface area contributed by atoms with Gasteiger partial charge in [0, 0.05) is 35.1 Å². The molecular weight excluding hydrogens is 344 g/mol. The van der Waals surface area contributed by atoms with Crippen LogP contribution in [0.3, 0.4) is 0 Å². The van der Waals surface area contributed by atoms with Crippen LogP contribution in [0.1, 0.15) is 18.4 Å². The normalized spacial score (nSPS) is 10.9. The summed E-state index contributed by atoms with van der Waals surface area (Å²) in [5, 5.41) is 6.63. The standard InChI is InChI=1S/C20H18N4OS/c25-19(10-5-6-14-12-22-16-8-2-1-7-15(14)16)24-20-23-18(13-26-20)17-9-3-4-11-21-17/h1-4,7-9,11-13,22H,5-6,10H2,(H,23,24,25). The summed E-state index contributed by atoms with van der Waals surface area (Å²) in [6.45, 7) is 0. The van der Waals surface area contributed by atoms with E-state index in [0.29, 0.717) is 11.6 Å². The van der Waals surface area contributed by atoms with E-state index >= 15 is 0 Å². The van der Waals surface area contributed by atoms with E-state index in [1.165, 1.54) is 22.3 Å². The molecule has 0 saturated heterocycles. The van der Waals surface area contributed by atoms with Crippen LogP contribution in [0, 0.1) is 0 Å². The fourth-order valence-corrected chi connectivity index (χ4v) is 3.64. The summed E-state index contributed by atoms with van der Waals surface area (Å²) in [5.41, 5.74) is 3.98.